The van der Waals surface area contributed by atoms with Crippen LogP contribution in [0.2, 0.25) is 0 Å². The van der Waals surface area contributed by atoms with Crippen LogP contribution in [-0.4, -0.2) is 55.2 Å². The minimum Gasteiger partial charge on any atom is -0.281 e. The molecule has 0 spiro atoms. The Bertz CT molecular complexity index is 721. The highest BCUT2D eigenvalue weighted by Gasteiger charge is 2.49. The van der Waals surface area contributed by atoms with Gasteiger partial charge in [0, 0.05) is 14.1 Å². The van der Waals surface area contributed by atoms with Crippen LogP contribution in [0, 0.1) is 5.92 Å². The van der Waals surface area contributed by atoms with Gasteiger partial charge < -0.3 is 0 Å². The van der Waals surface area contributed by atoms with Crippen molar-refractivity contribution in [3.8, 4) is 0 Å². The second-order valence-electron chi connectivity index (χ2n) is 9.40. The Morgan fingerprint density at radius 1 is 0.767 bits per heavy atom. The molecule has 0 radical (unpaired) electrons. The van der Waals surface area contributed by atoms with Gasteiger partial charge in [-0.25, -0.2) is 5.43 Å². The van der Waals surface area contributed by atoms with Crippen molar-refractivity contribution < 1.29 is 0 Å². The first-order valence-electron chi connectivity index (χ1n) is 11.5. The van der Waals surface area contributed by atoms with E-state index in [2.05, 4.69) is 109 Å². The van der Waals surface area contributed by atoms with Crippen molar-refractivity contribution in [1.82, 2.24) is 20.2 Å². The zero-order valence-corrected chi connectivity index (χ0v) is 19.0. The summed E-state index contributed by atoms with van der Waals surface area (Å²) in [5.41, 5.74) is 6.64. The van der Waals surface area contributed by atoms with Gasteiger partial charge >= 0.3 is 0 Å². The number of likely N-dealkylation sites (N-methyl/N-ethyl adjacent to an activating group) is 2. The minimum absolute atomic E-state index is 0.332. The molecule has 162 valence electrons. The van der Waals surface area contributed by atoms with Gasteiger partial charge in [-0.1, -0.05) is 79.9 Å². The molecule has 2 fully saturated rings. The van der Waals surface area contributed by atoms with E-state index in [1.165, 1.54) is 43.2 Å². The van der Waals surface area contributed by atoms with Gasteiger partial charge in [0.15, 0.2) is 0 Å². The Morgan fingerprint density at radius 2 is 1.23 bits per heavy atom. The highest BCUT2D eigenvalue weighted by atomic mass is 15.5. The van der Waals surface area contributed by atoms with Crippen molar-refractivity contribution in [2.75, 3.05) is 28.2 Å². The molecule has 4 nitrogen and oxygen atoms in total. The maximum atomic E-state index is 3.85. The number of hydrogen-bond acceptors (Lipinski definition) is 4. The van der Waals surface area contributed by atoms with E-state index in [0.717, 1.165) is 0 Å². The molecule has 1 N–H and O–H groups in total. The van der Waals surface area contributed by atoms with Crippen LogP contribution in [0.1, 0.15) is 55.3 Å². The van der Waals surface area contributed by atoms with E-state index < -0.39 is 0 Å². The third-order valence-corrected chi connectivity index (χ3v) is 7.18. The van der Waals surface area contributed by atoms with E-state index >= 15 is 0 Å². The summed E-state index contributed by atoms with van der Waals surface area (Å²) in [7, 11) is 8.92. The lowest BCUT2D eigenvalue weighted by atomic mass is 9.82. The van der Waals surface area contributed by atoms with Crippen LogP contribution in [0.5, 0.6) is 0 Å². The van der Waals surface area contributed by atoms with E-state index in [9.17, 15) is 0 Å². The fourth-order valence-corrected chi connectivity index (χ4v) is 5.91. The van der Waals surface area contributed by atoms with Crippen LogP contribution < -0.4 is 5.43 Å². The van der Waals surface area contributed by atoms with Gasteiger partial charge in [-0.15, -0.1) is 0 Å². The smallest absolute Gasteiger partial charge is 0.0803 e. The molecule has 2 aromatic carbocycles. The summed E-state index contributed by atoms with van der Waals surface area (Å²) in [5.74, 6) is 0.710. The van der Waals surface area contributed by atoms with Crippen LogP contribution >= 0.6 is 0 Å². The Labute approximate surface area is 182 Å². The Hall–Kier alpha value is -1.72. The third-order valence-electron chi connectivity index (χ3n) is 7.18. The number of benzene rings is 2. The first-order chi connectivity index (χ1) is 14.6. The van der Waals surface area contributed by atoms with Gasteiger partial charge in [0.05, 0.1) is 24.3 Å². The van der Waals surface area contributed by atoms with Gasteiger partial charge in [0.1, 0.15) is 0 Å². The molecule has 1 saturated heterocycles. The fourth-order valence-electron chi connectivity index (χ4n) is 5.91. The SMILES string of the molecule is CN(C)N[C@H](C1CCCCC1)C1N(C)[C@@H](c2ccccc2)[C@H](c2ccccc2)N1C. The van der Waals surface area contributed by atoms with E-state index in [-0.39, 0.29) is 0 Å². The number of nitrogens with one attached hydrogen (secondary N) is 1. The highest BCUT2D eigenvalue weighted by molar-refractivity contribution is 5.30. The lowest BCUT2D eigenvalue weighted by molar-refractivity contribution is 0.0393. The van der Waals surface area contributed by atoms with E-state index in [4.69, 9.17) is 0 Å². The molecule has 2 aliphatic rings. The first kappa shape index (κ1) is 21.5. The van der Waals surface area contributed by atoms with Crippen molar-refractivity contribution >= 4 is 0 Å². The molecule has 1 aliphatic heterocycles. The highest BCUT2D eigenvalue weighted by Crippen LogP contribution is 2.47. The van der Waals surface area contributed by atoms with Crippen molar-refractivity contribution in [3.63, 3.8) is 0 Å². The maximum Gasteiger partial charge on any atom is 0.0803 e. The van der Waals surface area contributed by atoms with Gasteiger partial charge in [-0.05, 0) is 44.0 Å². The topological polar surface area (TPSA) is 21.8 Å². The normalized spacial score (nSPS) is 25.8. The van der Waals surface area contributed by atoms with E-state index in [1.54, 1.807) is 0 Å². The lowest BCUT2D eigenvalue weighted by Gasteiger charge is -2.42. The van der Waals surface area contributed by atoms with Crippen LogP contribution in [0.3, 0.4) is 0 Å². The Morgan fingerprint density at radius 3 is 1.67 bits per heavy atom. The molecule has 1 saturated carbocycles. The molecule has 4 rings (SSSR count). The molecule has 3 atom stereocenters. The summed E-state index contributed by atoms with van der Waals surface area (Å²) in [5, 5.41) is 2.16. The summed E-state index contributed by atoms with van der Waals surface area (Å²) in [4.78, 5) is 5.26. The summed E-state index contributed by atoms with van der Waals surface area (Å²) in [6.07, 6.45) is 7.11. The van der Waals surface area contributed by atoms with Crippen LogP contribution in [0.4, 0.5) is 0 Å². The molecular formula is C26H38N4. The molecule has 0 aromatic heterocycles. The molecule has 2 aromatic rings. The zero-order chi connectivity index (χ0) is 21.1. The fraction of sp³-hybridized carbons (Fsp3) is 0.538. The predicted molar refractivity (Wildman–Crippen MR) is 125 cm³/mol. The van der Waals surface area contributed by atoms with Crippen molar-refractivity contribution in [2.24, 2.45) is 5.92 Å². The van der Waals surface area contributed by atoms with Crippen molar-refractivity contribution in [1.29, 1.82) is 0 Å². The average molecular weight is 407 g/mol. The summed E-state index contributed by atoms with van der Waals surface area (Å²) in [6.45, 7) is 0. The number of hydrazine groups is 1. The van der Waals surface area contributed by atoms with Crippen molar-refractivity contribution in [2.45, 2.75) is 56.4 Å². The largest absolute Gasteiger partial charge is 0.281 e. The monoisotopic (exact) mass is 406 g/mol. The van der Waals surface area contributed by atoms with Crippen molar-refractivity contribution in [3.05, 3.63) is 71.8 Å². The molecule has 1 heterocycles. The average Bonchev–Trinajstić information content (AvgIpc) is 3.04. The van der Waals surface area contributed by atoms with Gasteiger partial charge in [-0.3, -0.25) is 14.8 Å². The molecule has 4 heteroatoms. The third kappa shape index (κ3) is 4.33. The van der Waals surface area contributed by atoms with E-state index in [1.807, 2.05) is 0 Å². The molecule has 0 unspecified atom stereocenters. The van der Waals surface area contributed by atoms with Gasteiger partial charge in [-0.2, -0.15) is 0 Å². The number of nitrogens with zero attached hydrogens (tertiary/aromatic N) is 3. The van der Waals surface area contributed by atoms with Gasteiger partial charge in [0.2, 0.25) is 0 Å². The summed E-state index contributed by atoms with van der Waals surface area (Å²) < 4.78 is 0. The molecule has 30 heavy (non-hydrogen) atoms. The maximum absolute atomic E-state index is 3.85. The molecule has 1 aliphatic carbocycles. The summed E-state index contributed by atoms with van der Waals surface area (Å²) in [6, 6.07) is 23.2. The summed E-state index contributed by atoms with van der Waals surface area (Å²) >= 11 is 0. The quantitative estimate of drug-likeness (QED) is 0.703. The number of rotatable bonds is 6. The Balaban J connectivity index is 1.73. The zero-order valence-electron chi connectivity index (χ0n) is 19.0. The lowest BCUT2D eigenvalue weighted by Crippen LogP contribution is -2.58. The van der Waals surface area contributed by atoms with Crippen LogP contribution in [0.25, 0.3) is 0 Å². The second-order valence-corrected chi connectivity index (χ2v) is 9.40. The van der Waals surface area contributed by atoms with Crippen LogP contribution in [0.15, 0.2) is 60.7 Å². The number of hydrogen-bond donors (Lipinski definition) is 1. The Kier molecular flexibility index (Phi) is 6.89. The molecular weight excluding hydrogens is 368 g/mol. The predicted octanol–water partition coefficient (Wildman–Crippen LogP) is 4.69. The minimum atomic E-state index is 0.332. The molecule has 0 amide bonds. The first-order valence-corrected chi connectivity index (χ1v) is 11.5. The molecule has 0 bridgehead atoms. The van der Waals surface area contributed by atoms with E-state index in [0.29, 0.717) is 30.2 Å². The van der Waals surface area contributed by atoms with Gasteiger partial charge in [0.25, 0.3) is 0 Å². The standard InChI is InChI=1S/C26H38N4/c1-28(2)27-23(20-14-8-5-9-15-20)26-29(3)24(21-16-10-6-11-17-21)25(30(26)4)22-18-12-7-13-19-22/h6-7,10-13,16-20,23-27H,5,8-9,14-15H2,1-4H3/t23-,24+,25+/m1/s1. The second kappa shape index (κ2) is 9.61. The van der Waals surface area contributed by atoms with Crippen LogP contribution in [-0.2, 0) is 0 Å².